The number of halogens is 1. The smallest absolute Gasteiger partial charge is 0.251 e. The van der Waals surface area contributed by atoms with Crippen LogP contribution < -0.4 is 15.4 Å². The summed E-state index contributed by atoms with van der Waals surface area (Å²) in [5, 5.41) is 6.35. The van der Waals surface area contributed by atoms with Gasteiger partial charge in [-0.15, -0.1) is 0 Å². The van der Waals surface area contributed by atoms with E-state index in [0.717, 1.165) is 19.6 Å². The number of anilines is 1. The number of benzene rings is 2. The first-order valence-electron chi connectivity index (χ1n) is 9.80. The minimum Gasteiger partial charge on any atom is -0.493 e. The molecule has 2 aromatic rings. The van der Waals surface area contributed by atoms with Crippen molar-refractivity contribution in [3.05, 3.63) is 59.1 Å². The van der Waals surface area contributed by atoms with Gasteiger partial charge in [0, 0.05) is 29.4 Å². The number of likely N-dealkylation sites (N-methyl/N-ethyl adjacent to an activating group) is 1. The Morgan fingerprint density at radius 2 is 1.66 bits per heavy atom. The van der Waals surface area contributed by atoms with Gasteiger partial charge in [0.1, 0.15) is 5.75 Å². The third-order valence-corrected chi connectivity index (χ3v) is 4.70. The van der Waals surface area contributed by atoms with E-state index in [1.165, 1.54) is 0 Å². The van der Waals surface area contributed by atoms with Crippen molar-refractivity contribution >= 4 is 29.1 Å². The molecule has 0 saturated carbocycles. The fraction of sp³-hybridized carbons (Fsp3) is 0.364. The fourth-order valence-electron chi connectivity index (χ4n) is 2.69. The number of hydrogen-bond donors (Lipinski definition) is 2. The first-order chi connectivity index (χ1) is 14.0. The Balaban J connectivity index is 1.72. The fourth-order valence-corrected chi connectivity index (χ4v) is 2.82. The zero-order valence-corrected chi connectivity index (χ0v) is 17.7. The molecule has 2 N–H and O–H groups in total. The van der Waals surface area contributed by atoms with E-state index in [4.69, 9.17) is 16.3 Å². The van der Waals surface area contributed by atoms with E-state index in [0.29, 0.717) is 28.6 Å². The number of ether oxygens (including phenoxy) is 1. The predicted octanol–water partition coefficient (Wildman–Crippen LogP) is 3.82. The third kappa shape index (κ3) is 8.13. The van der Waals surface area contributed by atoms with Gasteiger partial charge in [-0.2, -0.15) is 0 Å². The van der Waals surface area contributed by atoms with Gasteiger partial charge in [0.2, 0.25) is 5.91 Å². The van der Waals surface area contributed by atoms with Crippen molar-refractivity contribution in [2.75, 3.05) is 38.1 Å². The van der Waals surface area contributed by atoms with Crippen molar-refractivity contribution in [3.63, 3.8) is 0 Å². The van der Waals surface area contributed by atoms with Gasteiger partial charge in [-0.25, -0.2) is 0 Å². The van der Waals surface area contributed by atoms with Crippen molar-refractivity contribution in [3.8, 4) is 5.75 Å². The third-order valence-electron chi connectivity index (χ3n) is 4.45. The Morgan fingerprint density at radius 3 is 2.28 bits per heavy atom. The lowest BCUT2D eigenvalue weighted by atomic mass is 10.2. The molecule has 0 aromatic heterocycles. The lowest BCUT2D eigenvalue weighted by Crippen LogP contribution is -2.34. The Hall–Kier alpha value is -2.57. The average molecular weight is 418 g/mol. The Morgan fingerprint density at radius 1 is 1.00 bits per heavy atom. The van der Waals surface area contributed by atoms with Crippen LogP contribution in [0.1, 0.15) is 30.6 Å². The molecule has 0 bridgehead atoms. The molecule has 0 radical (unpaired) electrons. The molecule has 0 saturated heterocycles. The van der Waals surface area contributed by atoms with Gasteiger partial charge in [-0.1, -0.05) is 25.4 Å². The van der Waals surface area contributed by atoms with Gasteiger partial charge < -0.3 is 20.3 Å². The first-order valence-corrected chi connectivity index (χ1v) is 10.2. The molecule has 0 aliphatic carbocycles. The van der Waals surface area contributed by atoms with E-state index in [1.807, 2.05) is 0 Å². The van der Waals surface area contributed by atoms with Crippen molar-refractivity contribution in [2.45, 2.75) is 20.3 Å². The quantitative estimate of drug-likeness (QED) is 0.583. The number of hydrogen-bond acceptors (Lipinski definition) is 4. The average Bonchev–Trinajstić information content (AvgIpc) is 2.73. The highest BCUT2D eigenvalue weighted by Crippen LogP contribution is 2.16. The maximum absolute atomic E-state index is 12.2. The van der Waals surface area contributed by atoms with Crippen molar-refractivity contribution < 1.29 is 14.3 Å². The molecular weight excluding hydrogens is 390 g/mol. The second-order valence-electron chi connectivity index (χ2n) is 6.46. The van der Waals surface area contributed by atoms with E-state index >= 15 is 0 Å². The van der Waals surface area contributed by atoms with Crippen LogP contribution in [0.3, 0.4) is 0 Å². The topological polar surface area (TPSA) is 70.7 Å². The monoisotopic (exact) mass is 417 g/mol. The van der Waals surface area contributed by atoms with Crippen LogP contribution >= 0.6 is 11.6 Å². The molecule has 6 nitrogen and oxygen atoms in total. The van der Waals surface area contributed by atoms with Crippen LogP contribution in [0.5, 0.6) is 5.75 Å². The van der Waals surface area contributed by atoms with Crippen molar-refractivity contribution in [1.82, 2.24) is 10.2 Å². The summed E-state index contributed by atoms with van der Waals surface area (Å²) in [6.07, 6.45) is 0.218. The van der Waals surface area contributed by atoms with Crippen molar-refractivity contribution in [2.24, 2.45) is 0 Å². The summed E-state index contributed by atoms with van der Waals surface area (Å²) in [6.45, 7) is 7.82. The molecule has 0 unspecified atom stereocenters. The number of rotatable bonds is 11. The number of nitrogens with one attached hydrogen (secondary N) is 2. The molecule has 0 aliphatic rings. The summed E-state index contributed by atoms with van der Waals surface area (Å²) in [4.78, 5) is 26.5. The van der Waals surface area contributed by atoms with Crippen LogP contribution in [0.4, 0.5) is 5.69 Å². The minimum absolute atomic E-state index is 0.119. The maximum Gasteiger partial charge on any atom is 0.251 e. The molecule has 0 atom stereocenters. The summed E-state index contributed by atoms with van der Waals surface area (Å²) in [5.74, 6) is 0.389. The van der Waals surface area contributed by atoms with Gasteiger partial charge >= 0.3 is 0 Å². The number of carbonyl (C=O) groups is 2. The van der Waals surface area contributed by atoms with Gasteiger partial charge in [-0.05, 0) is 61.6 Å². The molecule has 156 valence electrons. The van der Waals surface area contributed by atoms with E-state index in [1.54, 1.807) is 48.5 Å². The highest BCUT2D eigenvalue weighted by atomic mass is 35.5. The minimum atomic E-state index is -0.157. The maximum atomic E-state index is 12.2. The zero-order chi connectivity index (χ0) is 21.1. The van der Waals surface area contributed by atoms with E-state index in [9.17, 15) is 9.59 Å². The Labute approximate surface area is 177 Å². The van der Waals surface area contributed by atoms with Crippen LogP contribution in [-0.2, 0) is 4.79 Å². The van der Waals surface area contributed by atoms with Crippen LogP contribution in [0.15, 0.2) is 48.5 Å². The summed E-state index contributed by atoms with van der Waals surface area (Å²) < 4.78 is 5.51. The molecule has 29 heavy (non-hydrogen) atoms. The standard InChI is InChI=1S/C22H28ClN3O3/c1-3-26(4-2)15-14-24-22(28)17-5-9-19(10-6-17)25-21(27)13-16-29-20-11-7-18(23)8-12-20/h5-12H,3-4,13-16H2,1-2H3,(H,24,28)(H,25,27). The Kier molecular flexibility index (Phi) is 9.47. The van der Waals surface area contributed by atoms with Crippen LogP contribution in [-0.4, -0.2) is 49.5 Å². The zero-order valence-electron chi connectivity index (χ0n) is 16.9. The molecular formula is C22H28ClN3O3. The molecule has 2 aromatic carbocycles. The van der Waals surface area contributed by atoms with Gasteiger partial charge in [0.25, 0.3) is 5.91 Å². The van der Waals surface area contributed by atoms with Crippen molar-refractivity contribution in [1.29, 1.82) is 0 Å². The summed E-state index contributed by atoms with van der Waals surface area (Å²) in [5.41, 5.74) is 1.20. The molecule has 2 amide bonds. The largest absolute Gasteiger partial charge is 0.493 e. The second-order valence-corrected chi connectivity index (χ2v) is 6.90. The molecule has 0 spiro atoms. The lowest BCUT2D eigenvalue weighted by Gasteiger charge is -2.18. The van der Waals surface area contributed by atoms with E-state index in [-0.39, 0.29) is 24.8 Å². The second kappa shape index (κ2) is 12.1. The summed E-state index contributed by atoms with van der Waals surface area (Å²) in [7, 11) is 0. The number of amides is 2. The van der Waals surface area contributed by atoms with Gasteiger partial charge in [-0.3, -0.25) is 9.59 Å². The van der Waals surface area contributed by atoms with Gasteiger partial charge in [0.15, 0.2) is 0 Å². The normalized spacial score (nSPS) is 10.6. The SMILES string of the molecule is CCN(CC)CCNC(=O)c1ccc(NC(=O)CCOc2ccc(Cl)cc2)cc1. The highest BCUT2D eigenvalue weighted by molar-refractivity contribution is 6.30. The highest BCUT2D eigenvalue weighted by Gasteiger charge is 2.08. The molecule has 0 fully saturated rings. The summed E-state index contributed by atoms with van der Waals surface area (Å²) >= 11 is 5.82. The van der Waals surface area contributed by atoms with Crippen LogP contribution in [0.25, 0.3) is 0 Å². The molecule has 0 aliphatic heterocycles. The Bertz CT molecular complexity index is 775. The number of carbonyl (C=O) groups excluding carboxylic acids is 2. The predicted molar refractivity (Wildman–Crippen MR) is 117 cm³/mol. The van der Waals surface area contributed by atoms with Crippen LogP contribution in [0, 0.1) is 0 Å². The molecule has 2 rings (SSSR count). The number of nitrogens with zero attached hydrogens (tertiary/aromatic N) is 1. The molecule has 7 heteroatoms. The first kappa shape index (κ1) is 22.7. The molecule has 0 heterocycles. The van der Waals surface area contributed by atoms with Crippen LogP contribution in [0.2, 0.25) is 5.02 Å². The van der Waals surface area contributed by atoms with E-state index < -0.39 is 0 Å². The lowest BCUT2D eigenvalue weighted by molar-refractivity contribution is -0.116. The summed E-state index contributed by atoms with van der Waals surface area (Å²) in [6, 6.07) is 13.8. The van der Waals surface area contributed by atoms with E-state index in [2.05, 4.69) is 29.4 Å². The van der Waals surface area contributed by atoms with Gasteiger partial charge in [0.05, 0.1) is 13.0 Å².